The maximum Gasteiger partial charge on any atom is 0.00800 e. The molecule has 2 fully saturated rings. The van der Waals surface area contributed by atoms with Crippen LogP contribution < -0.4 is 5.32 Å². The van der Waals surface area contributed by atoms with Crippen molar-refractivity contribution in [3.05, 3.63) is 22.4 Å². The van der Waals surface area contributed by atoms with Gasteiger partial charge in [0.25, 0.3) is 0 Å². The Hall–Kier alpha value is -0.340. The third-order valence-electron chi connectivity index (χ3n) is 4.44. The summed E-state index contributed by atoms with van der Waals surface area (Å²) in [6, 6.07) is 4.57. The minimum absolute atomic E-state index is 0.851. The van der Waals surface area contributed by atoms with Gasteiger partial charge in [0.2, 0.25) is 0 Å². The molecule has 2 heterocycles. The van der Waals surface area contributed by atoms with E-state index in [-0.39, 0.29) is 0 Å². The fraction of sp³-hybridized carbons (Fsp3) is 0.714. The van der Waals surface area contributed by atoms with E-state index in [0.717, 1.165) is 17.8 Å². The first-order chi connectivity index (χ1) is 7.95. The third-order valence-corrected chi connectivity index (χ3v) is 5.45. The van der Waals surface area contributed by atoms with E-state index in [0.29, 0.717) is 0 Å². The van der Waals surface area contributed by atoms with Gasteiger partial charge < -0.3 is 5.32 Å². The Kier molecular flexibility index (Phi) is 3.30. The maximum absolute atomic E-state index is 3.61. The van der Waals surface area contributed by atoms with E-state index in [2.05, 4.69) is 22.8 Å². The molecule has 1 N–H and O–H groups in total. The zero-order chi connectivity index (χ0) is 10.8. The van der Waals surface area contributed by atoms with Gasteiger partial charge in [-0.2, -0.15) is 0 Å². The normalized spacial score (nSPS) is 32.0. The Balaban J connectivity index is 1.78. The highest BCUT2D eigenvalue weighted by molar-refractivity contribution is 7.10. The van der Waals surface area contributed by atoms with Crippen molar-refractivity contribution in [2.45, 2.75) is 38.0 Å². The van der Waals surface area contributed by atoms with Gasteiger partial charge in [0.05, 0.1) is 0 Å². The minimum atomic E-state index is 0.851. The number of nitrogens with one attached hydrogen (secondary N) is 1. The molecule has 2 heteroatoms. The molecule has 1 aliphatic heterocycles. The summed E-state index contributed by atoms with van der Waals surface area (Å²) in [5.41, 5.74) is 0. The van der Waals surface area contributed by atoms with Crippen LogP contribution in [0.3, 0.4) is 0 Å². The molecule has 88 valence electrons. The first-order valence-corrected chi connectivity index (χ1v) is 7.57. The number of thiophene rings is 1. The van der Waals surface area contributed by atoms with Gasteiger partial charge in [0.1, 0.15) is 0 Å². The molecule has 16 heavy (non-hydrogen) atoms. The summed E-state index contributed by atoms with van der Waals surface area (Å²) in [5.74, 6) is 2.76. The lowest BCUT2D eigenvalue weighted by atomic mass is 9.76. The molecule has 1 nitrogen and oxygen atoms in total. The van der Waals surface area contributed by atoms with Crippen LogP contribution in [-0.2, 0) is 0 Å². The van der Waals surface area contributed by atoms with Crippen molar-refractivity contribution in [3.63, 3.8) is 0 Å². The predicted molar refractivity (Wildman–Crippen MR) is 70.0 cm³/mol. The van der Waals surface area contributed by atoms with Crippen LogP contribution in [0, 0.1) is 11.8 Å². The van der Waals surface area contributed by atoms with Gasteiger partial charge in [-0.05, 0) is 48.7 Å². The second kappa shape index (κ2) is 4.89. The van der Waals surface area contributed by atoms with E-state index in [1.807, 2.05) is 11.3 Å². The Morgan fingerprint density at radius 3 is 2.81 bits per heavy atom. The molecule has 1 saturated carbocycles. The van der Waals surface area contributed by atoms with Gasteiger partial charge in [-0.3, -0.25) is 0 Å². The van der Waals surface area contributed by atoms with Gasteiger partial charge in [-0.15, -0.1) is 11.3 Å². The molecule has 1 saturated heterocycles. The van der Waals surface area contributed by atoms with Crippen LogP contribution in [0.2, 0.25) is 0 Å². The highest BCUT2D eigenvalue weighted by atomic mass is 32.1. The molecule has 0 amide bonds. The molecule has 1 aromatic heterocycles. The van der Waals surface area contributed by atoms with Crippen molar-refractivity contribution in [3.8, 4) is 0 Å². The van der Waals surface area contributed by atoms with Gasteiger partial charge in [0, 0.05) is 4.88 Å². The molecular weight excluding hydrogens is 214 g/mol. The molecular formula is C14H21NS. The summed E-state index contributed by atoms with van der Waals surface area (Å²) in [4.78, 5) is 1.64. The van der Waals surface area contributed by atoms with Gasteiger partial charge >= 0.3 is 0 Å². The number of hydrogen-bond acceptors (Lipinski definition) is 2. The molecule has 3 rings (SSSR count). The summed E-state index contributed by atoms with van der Waals surface area (Å²) in [7, 11) is 0. The van der Waals surface area contributed by atoms with Crippen LogP contribution in [0.4, 0.5) is 0 Å². The number of rotatable bonds is 2. The standard InChI is InChI=1S/C14H21NS/c1-2-5-11(4-1)13-10-15-8-7-12(13)14-6-3-9-16-14/h3,6,9,11-13,15H,1-2,4-5,7-8,10H2. The van der Waals surface area contributed by atoms with Crippen molar-refractivity contribution >= 4 is 11.3 Å². The Labute approximate surface area is 102 Å². The zero-order valence-electron chi connectivity index (χ0n) is 9.82. The van der Waals surface area contributed by atoms with Gasteiger partial charge in [-0.1, -0.05) is 31.7 Å². The lowest BCUT2D eigenvalue weighted by Gasteiger charge is -2.35. The molecule has 0 radical (unpaired) electrons. The number of piperidine rings is 1. The molecule has 0 aromatic carbocycles. The van der Waals surface area contributed by atoms with Crippen molar-refractivity contribution in [1.29, 1.82) is 0 Å². The van der Waals surface area contributed by atoms with Gasteiger partial charge in [-0.25, -0.2) is 0 Å². The smallest absolute Gasteiger partial charge is 0.00800 e. The van der Waals surface area contributed by atoms with E-state index < -0.39 is 0 Å². The van der Waals surface area contributed by atoms with Crippen LogP contribution in [0.25, 0.3) is 0 Å². The molecule has 0 bridgehead atoms. The van der Waals surface area contributed by atoms with Crippen LogP contribution in [0.1, 0.15) is 42.9 Å². The lowest BCUT2D eigenvalue weighted by molar-refractivity contribution is 0.233. The summed E-state index contributed by atoms with van der Waals surface area (Å²) in [5, 5.41) is 5.85. The predicted octanol–water partition coefficient (Wildman–Crippen LogP) is 3.63. The van der Waals surface area contributed by atoms with Crippen LogP contribution in [-0.4, -0.2) is 13.1 Å². The van der Waals surface area contributed by atoms with Crippen molar-refractivity contribution in [2.24, 2.45) is 11.8 Å². The quantitative estimate of drug-likeness (QED) is 0.825. The van der Waals surface area contributed by atoms with Crippen molar-refractivity contribution in [1.82, 2.24) is 5.32 Å². The average molecular weight is 235 g/mol. The Morgan fingerprint density at radius 1 is 1.19 bits per heavy atom. The van der Waals surface area contributed by atoms with Crippen LogP contribution >= 0.6 is 11.3 Å². The molecule has 1 aromatic rings. The lowest BCUT2D eigenvalue weighted by Crippen LogP contribution is -2.38. The Morgan fingerprint density at radius 2 is 2.06 bits per heavy atom. The first-order valence-electron chi connectivity index (χ1n) is 6.69. The second-order valence-corrected chi connectivity index (χ2v) is 6.30. The summed E-state index contributed by atoms with van der Waals surface area (Å²) < 4.78 is 0. The van der Waals surface area contributed by atoms with Crippen molar-refractivity contribution < 1.29 is 0 Å². The number of hydrogen-bond donors (Lipinski definition) is 1. The maximum atomic E-state index is 3.61. The molecule has 1 aliphatic carbocycles. The topological polar surface area (TPSA) is 12.0 Å². The molecule has 2 unspecified atom stereocenters. The zero-order valence-corrected chi connectivity index (χ0v) is 10.6. The van der Waals surface area contributed by atoms with E-state index in [1.54, 1.807) is 4.88 Å². The SMILES string of the molecule is c1csc(C2CCNCC2C2CCCC2)c1. The minimum Gasteiger partial charge on any atom is -0.316 e. The fourth-order valence-corrected chi connectivity index (χ4v) is 4.56. The van der Waals surface area contributed by atoms with Gasteiger partial charge in [0.15, 0.2) is 0 Å². The highest BCUT2D eigenvalue weighted by Gasteiger charge is 2.34. The average Bonchev–Trinajstić information content (AvgIpc) is 3.03. The Bertz CT molecular complexity index is 313. The van der Waals surface area contributed by atoms with Crippen LogP contribution in [0.5, 0.6) is 0 Å². The monoisotopic (exact) mass is 235 g/mol. The third kappa shape index (κ3) is 2.05. The van der Waals surface area contributed by atoms with E-state index in [9.17, 15) is 0 Å². The molecule has 2 atom stereocenters. The summed E-state index contributed by atoms with van der Waals surface area (Å²) in [6.45, 7) is 2.47. The summed E-state index contributed by atoms with van der Waals surface area (Å²) >= 11 is 1.96. The van der Waals surface area contributed by atoms with Crippen LogP contribution in [0.15, 0.2) is 17.5 Å². The van der Waals surface area contributed by atoms with E-state index in [1.165, 1.54) is 45.2 Å². The van der Waals surface area contributed by atoms with E-state index >= 15 is 0 Å². The fourth-order valence-electron chi connectivity index (χ4n) is 3.62. The summed E-state index contributed by atoms with van der Waals surface area (Å²) in [6.07, 6.45) is 7.25. The second-order valence-electron chi connectivity index (χ2n) is 5.32. The van der Waals surface area contributed by atoms with Crippen molar-refractivity contribution in [2.75, 3.05) is 13.1 Å². The molecule has 0 spiro atoms. The van der Waals surface area contributed by atoms with E-state index in [4.69, 9.17) is 0 Å². The first kappa shape index (κ1) is 10.8. The largest absolute Gasteiger partial charge is 0.316 e. The molecule has 2 aliphatic rings. The highest BCUT2D eigenvalue weighted by Crippen LogP contribution is 2.42.